The third-order valence-corrected chi connectivity index (χ3v) is 8.13. The number of halogens is 1. The molecule has 232 valence electrons. The van der Waals surface area contributed by atoms with Crippen LogP contribution in [0.4, 0.5) is 4.39 Å². The van der Waals surface area contributed by atoms with Crippen molar-refractivity contribution in [3.63, 3.8) is 0 Å². The maximum atomic E-state index is 14.6. The van der Waals surface area contributed by atoms with E-state index in [-0.39, 0.29) is 31.0 Å². The van der Waals surface area contributed by atoms with Gasteiger partial charge >= 0.3 is 5.69 Å². The van der Waals surface area contributed by atoms with Gasteiger partial charge in [-0.15, -0.1) is 0 Å². The van der Waals surface area contributed by atoms with Crippen LogP contribution in [0, 0.1) is 5.82 Å². The summed E-state index contributed by atoms with van der Waals surface area (Å²) in [7, 11) is 4.34. The number of benzene rings is 3. The van der Waals surface area contributed by atoms with Crippen molar-refractivity contribution < 1.29 is 28.2 Å². The number of hydrogen-bond donors (Lipinski definition) is 1. The predicted molar refractivity (Wildman–Crippen MR) is 162 cm³/mol. The number of hydrogen-bond acceptors (Lipinski definition) is 7. The average molecular weight is 615 g/mol. The number of nitrogens with one attached hydrogen (secondary N) is 1. The van der Waals surface area contributed by atoms with E-state index in [1.54, 1.807) is 23.1 Å². The maximum Gasteiger partial charge on any atom is 0.331 e. The number of fused-ring (bicyclic) bond motifs is 6. The standard InChI is InChI=1S/C33H31FN4O7/c1-36-26(18-29(39)37(2)33(36)42)32(41)38-13-11-19-15-21-6-8-23(19)30(38)20-5-10-27(43-3)28(16-20)44-14-4-12-35-31(40)24-17-22(45-21)7-9-25(24)34/h5-10,15-18,30H,4,11-14H2,1-3H3,(H,35,40). The molecule has 4 heterocycles. The molecule has 11 nitrogen and oxygen atoms in total. The van der Waals surface area contributed by atoms with Gasteiger partial charge in [0.25, 0.3) is 17.4 Å². The van der Waals surface area contributed by atoms with Crippen molar-refractivity contribution in [2.24, 2.45) is 14.1 Å². The molecule has 7 rings (SSSR count). The molecule has 0 aliphatic carbocycles. The van der Waals surface area contributed by atoms with Crippen molar-refractivity contribution in [1.29, 1.82) is 0 Å². The molecule has 45 heavy (non-hydrogen) atoms. The topological polar surface area (TPSA) is 121 Å². The monoisotopic (exact) mass is 614 g/mol. The van der Waals surface area contributed by atoms with Crippen LogP contribution in [0.3, 0.4) is 0 Å². The SMILES string of the molecule is COc1ccc2cc1OCCCNC(=O)c1cc(ccc1F)Oc1ccc3c(c1)CCN(C(=O)c1cc(=O)n(C)c(=O)n1C)C23. The molecule has 3 aliphatic heterocycles. The van der Waals surface area contributed by atoms with Crippen molar-refractivity contribution >= 4 is 11.8 Å². The van der Waals surface area contributed by atoms with Gasteiger partial charge in [-0.05, 0) is 72.0 Å². The number of nitrogens with zero attached hydrogens (tertiary/aromatic N) is 3. The molecule has 0 saturated heterocycles. The summed E-state index contributed by atoms with van der Waals surface area (Å²) >= 11 is 0. The first-order chi connectivity index (χ1) is 21.7. The Hall–Kier alpha value is -5.39. The first kappa shape index (κ1) is 29.7. The molecule has 1 aromatic heterocycles. The molecule has 1 atom stereocenters. The van der Waals surface area contributed by atoms with Crippen LogP contribution in [-0.4, -0.2) is 52.7 Å². The van der Waals surface area contributed by atoms with E-state index in [4.69, 9.17) is 14.2 Å². The van der Waals surface area contributed by atoms with Gasteiger partial charge in [-0.1, -0.05) is 12.1 Å². The van der Waals surface area contributed by atoms with Gasteiger partial charge in [0.1, 0.15) is 23.0 Å². The van der Waals surface area contributed by atoms with Crippen molar-refractivity contribution in [2.45, 2.75) is 18.9 Å². The minimum Gasteiger partial charge on any atom is -0.493 e. The van der Waals surface area contributed by atoms with Gasteiger partial charge in [0.05, 0.1) is 25.3 Å². The highest BCUT2D eigenvalue weighted by molar-refractivity contribution is 5.95. The van der Waals surface area contributed by atoms with E-state index in [1.165, 1.54) is 50.0 Å². The van der Waals surface area contributed by atoms with E-state index in [9.17, 15) is 23.6 Å². The number of amides is 2. The molecule has 4 aromatic rings. The second-order valence-electron chi connectivity index (χ2n) is 10.9. The van der Waals surface area contributed by atoms with Crippen LogP contribution in [0.1, 0.15) is 50.0 Å². The predicted octanol–water partition coefficient (Wildman–Crippen LogP) is 3.32. The van der Waals surface area contributed by atoms with E-state index < -0.39 is 34.9 Å². The number of methoxy groups -OCH3 is 1. The van der Waals surface area contributed by atoms with Gasteiger partial charge in [-0.25, -0.2) is 9.18 Å². The molecular weight excluding hydrogens is 583 g/mol. The highest BCUT2D eigenvalue weighted by Gasteiger charge is 2.35. The Morgan fingerprint density at radius 3 is 2.56 bits per heavy atom. The van der Waals surface area contributed by atoms with Crippen LogP contribution in [0.25, 0.3) is 0 Å². The Balaban J connectivity index is 1.49. The van der Waals surface area contributed by atoms with Crippen LogP contribution in [-0.2, 0) is 20.5 Å². The molecule has 1 unspecified atom stereocenters. The third-order valence-electron chi connectivity index (χ3n) is 8.13. The van der Waals surface area contributed by atoms with Crippen LogP contribution in [0.15, 0.2) is 70.3 Å². The van der Waals surface area contributed by atoms with Crippen molar-refractivity contribution in [3.05, 3.63) is 115 Å². The third kappa shape index (κ3) is 5.54. The zero-order valence-electron chi connectivity index (χ0n) is 25.0. The van der Waals surface area contributed by atoms with Gasteiger partial charge < -0.3 is 24.4 Å². The van der Waals surface area contributed by atoms with Gasteiger partial charge in [0.2, 0.25) is 0 Å². The lowest BCUT2D eigenvalue weighted by atomic mass is 9.87. The molecule has 0 saturated carbocycles. The molecule has 8 bridgehead atoms. The van der Waals surface area contributed by atoms with Crippen molar-refractivity contribution in [1.82, 2.24) is 19.4 Å². The molecule has 0 spiro atoms. The van der Waals surface area contributed by atoms with E-state index in [2.05, 4.69) is 5.32 Å². The van der Waals surface area contributed by atoms with Crippen molar-refractivity contribution in [2.75, 3.05) is 26.8 Å². The van der Waals surface area contributed by atoms with E-state index in [0.29, 0.717) is 35.8 Å². The quantitative estimate of drug-likeness (QED) is 0.368. The minimum atomic E-state index is -0.668. The Kier molecular flexibility index (Phi) is 7.88. The van der Waals surface area contributed by atoms with Crippen molar-refractivity contribution in [3.8, 4) is 23.0 Å². The molecule has 2 amide bonds. The summed E-state index contributed by atoms with van der Waals surface area (Å²) in [6.45, 7) is 0.719. The smallest absolute Gasteiger partial charge is 0.331 e. The first-order valence-electron chi connectivity index (χ1n) is 14.4. The Morgan fingerprint density at radius 1 is 0.978 bits per heavy atom. The summed E-state index contributed by atoms with van der Waals surface area (Å²) in [6, 6.07) is 15.4. The summed E-state index contributed by atoms with van der Waals surface area (Å²) < 4.78 is 34.3. The molecule has 12 heteroatoms. The van der Waals surface area contributed by atoms with E-state index in [1.807, 2.05) is 18.2 Å². The molecular formula is C33H31FN4O7. The van der Waals surface area contributed by atoms with E-state index >= 15 is 0 Å². The molecule has 1 N–H and O–H groups in total. The van der Waals surface area contributed by atoms with Gasteiger partial charge in [0.15, 0.2) is 11.5 Å². The lowest BCUT2D eigenvalue weighted by Gasteiger charge is -2.38. The summed E-state index contributed by atoms with van der Waals surface area (Å²) in [4.78, 5) is 53.7. The number of ether oxygens (including phenoxy) is 3. The molecule has 0 fully saturated rings. The van der Waals surface area contributed by atoms with Crippen LogP contribution in [0.5, 0.6) is 23.0 Å². The lowest BCUT2D eigenvalue weighted by molar-refractivity contribution is 0.0681. The summed E-state index contributed by atoms with van der Waals surface area (Å²) in [5.74, 6) is -0.0347. The molecule has 3 aromatic carbocycles. The van der Waals surface area contributed by atoms with Gasteiger partial charge in [-0.2, -0.15) is 0 Å². The second kappa shape index (κ2) is 11.9. The van der Waals surface area contributed by atoms with E-state index in [0.717, 1.165) is 21.3 Å². The Morgan fingerprint density at radius 2 is 1.76 bits per heavy atom. The summed E-state index contributed by atoms with van der Waals surface area (Å²) in [5.41, 5.74) is 1.10. The van der Waals surface area contributed by atoms with Crippen LogP contribution < -0.4 is 30.8 Å². The Bertz CT molecular complexity index is 1950. The Labute approximate surface area is 257 Å². The zero-order chi connectivity index (χ0) is 31.8. The number of rotatable bonds is 2. The van der Waals surface area contributed by atoms with Gasteiger partial charge in [-0.3, -0.25) is 23.5 Å². The van der Waals surface area contributed by atoms with Gasteiger partial charge in [0, 0.05) is 33.3 Å². The fourth-order valence-electron chi connectivity index (χ4n) is 5.74. The second-order valence-corrected chi connectivity index (χ2v) is 10.9. The first-order valence-corrected chi connectivity index (χ1v) is 14.4. The fourth-order valence-corrected chi connectivity index (χ4v) is 5.74. The number of carbonyl (C=O) groups is 2. The minimum absolute atomic E-state index is 0.0230. The van der Waals surface area contributed by atoms with Crippen LogP contribution in [0.2, 0.25) is 0 Å². The highest BCUT2D eigenvalue weighted by atomic mass is 19.1. The number of aromatic nitrogens is 2. The fraction of sp³-hybridized carbons (Fsp3) is 0.273. The summed E-state index contributed by atoms with van der Waals surface area (Å²) in [5, 5.41) is 2.71. The highest BCUT2D eigenvalue weighted by Crippen LogP contribution is 2.41. The van der Waals surface area contributed by atoms with Crippen LogP contribution >= 0.6 is 0 Å². The molecule has 3 aliphatic rings. The largest absolute Gasteiger partial charge is 0.493 e. The molecule has 0 radical (unpaired) electrons. The summed E-state index contributed by atoms with van der Waals surface area (Å²) in [6.07, 6.45) is 0.872. The normalized spacial score (nSPS) is 16.1. The average Bonchev–Trinajstić information content (AvgIpc) is 3.04. The zero-order valence-corrected chi connectivity index (χ0v) is 25.0. The maximum absolute atomic E-state index is 14.6. The lowest BCUT2D eigenvalue weighted by Crippen LogP contribution is -2.45. The number of carbonyl (C=O) groups excluding carboxylic acids is 2.